The van der Waals surface area contributed by atoms with Gasteiger partial charge in [-0.3, -0.25) is 4.98 Å². The largest absolute Gasteiger partial charge is 0.444 e. The molecule has 2 rings (SSSR count). The minimum absolute atomic E-state index is 0.233. The maximum Gasteiger partial charge on any atom is 0.407 e. The molecule has 0 saturated heterocycles. The van der Waals surface area contributed by atoms with Crippen LogP contribution >= 0.6 is 0 Å². The average molecular weight is 277 g/mol. The summed E-state index contributed by atoms with van der Waals surface area (Å²) in [5.74, 6) is 0.413. The Kier molecular flexibility index (Phi) is 3.52. The SMILES string of the molecule is Cc1cn2cc(N)nc2c(CNC(=O)OC(C)(C)C)n1. The molecule has 0 radical (unpaired) electrons. The molecular weight excluding hydrogens is 258 g/mol. The molecule has 0 unspecified atom stereocenters. The molecule has 0 fully saturated rings. The number of aromatic nitrogens is 3. The van der Waals surface area contributed by atoms with Crippen molar-refractivity contribution in [3.8, 4) is 0 Å². The van der Waals surface area contributed by atoms with Crippen LogP contribution < -0.4 is 11.1 Å². The van der Waals surface area contributed by atoms with E-state index in [2.05, 4.69) is 15.3 Å². The van der Waals surface area contributed by atoms with Crippen LogP contribution in [-0.4, -0.2) is 26.1 Å². The minimum atomic E-state index is -0.531. The minimum Gasteiger partial charge on any atom is -0.444 e. The highest BCUT2D eigenvalue weighted by atomic mass is 16.6. The van der Waals surface area contributed by atoms with Crippen molar-refractivity contribution in [1.82, 2.24) is 19.7 Å². The molecule has 0 aliphatic rings. The lowest BCUT2D eigenvalue weighted by atomic mass is 10.2. The van der Waals surface area contributed by atoms with E-state index in [1.54, 1.807) is 10.6 Å². The zero-order valence-corrected chi connectivity index (χ0v) is 12.1. The van der Waals surface area contributed by atoms with Gasteiger partial charge in [0, 0.05) is 6.20 Å². The molecule has 0 aromatic carbocycles. The molecule has 108 valence electrons. The molecule has 0 atom stereocenters. The number of aryl methyl sites for hydroxylation is 1. The van der Waals surface area contributed by atoms with Gasteiger partial charge in [0.2, 0.25) is 0 Å². The Hall–Kier alpha value is -2.31. The fraction of sp³-hybridized carbons (Fsp3) is 0.462. The van der Waals surface area contributed by atoms with Crippen LogP contribution in [0.4, 0.5) is 10.6 Å². The highest BCUT2D eigenvalue weighted by Gasteiger charge is 2.16. The molecular formula is C13H19N5O2. The normalized spacial score (nSPS) is 11.6. The quantitative estimate of drug-likeness (QED) is 0.870. The number of imidazole rings is 1. The third-order valence-corrected chi connectivity index (χ3v) is 2.45. The van der Waals surface area contributed by atoms with Crippen molar-refractivity contribution in [3.05, 3.63) is 23.8 Å². The molecule has 2 aromatic rings. The van der Waals surface area contributed by atoms with Gasteiger partial charge in [-0.1, -0.05) is 0 Å². The number of carbonyl (C=O) groups excluding carboxylic acids is 1. The molecule has 1 amide bonds. The van der Waals surface area contributed by atoms with Crippen LogP contribution in [0.3, 0.4) is 0 Å². The van der Waals surface area contributed by atoms with Gasteiger partial charge in [0.25, 0.3) is 0 Å². The zero-order valence-electron chi connectivity index (χ0n) is 12.1. The number of nitrogens with zero attached hydrogens (tertiary/aromatic N) is 3. The Morgan fingerprint density at radius 2 is 2.10 bits per heavy atom. The van der Waals surface area contributed by atoms with E-state index < -0.39 is 11.7 Å². The summed E-state index contributed by atoms with van der Waals surface area (Å²) < 4.78 is 6.97. The molecule has 0 bridgehead atoms. The van der Waals surface area contributed by atoms with Crippen molar-refractivity contribution in [2.75, 3.05) is 5.73 Å². The van der Waals surface area contributed by atoms with Crippen LogP contribution in [0, 0.1) is 6.92 Å². The maximum absolute atomic E-state index is 11.6. The second-order valence-corrected chi connectivity index (χ2v) is 5.58. The average Bonchev–Trinajstić information content (AvgIpc) is 2.63. The Morgan fingerprint density at radius 3 is 2.75 bits per heavy atom. The van der Waals surface area contributed by atoms with Crippen molar-refractivity contribution in [2.24, 2.45) is 0 Å². The summed E-state index contributed by atoms with van der Waals surface area (Å²) in [5.41, 5.74) is 7.24. The molecule has 3 N–H and O–H groups in total. The molecule has 0 saturated carbocycles. The van der Waals surface area contributed by atoms with Crippen molar-refractivity contribution in [2.45, 2.75) is 39.8 Å². The molecule has 0 aliphatic carbocycles. The Balaban J connectivity index is 2.15. The number of alkyl carbamates (subject to hydrolysis) is 1. The summed E-state index contributed by atoms with van der Waals surface area (Å²) in [4.78, 5) is 20.2. The van der Waals surface area contributed by atoms with E-state index in [9.17, 15) is 4.79 Å². The summed E-state index contributed by atoms with van der Waals surface area (Å²) in [6.45, 7) is 7.53. The van der Waals surface area contributed by atoms with Gasteiger partial charge in [0.05, 0.1) is 18.4 Å². The number of fused-ring (bicyclic) bond motifs is 1. The summed E-state index contributed by atoms with van der Waals surface area (Å²) in [5, 5.41) is 2.67. The number of ether oxygens (including phenoxy) is 1. The van der Waals surface area contributed by atoms with E-state index in [4.69, 9.17) is 10.5 Å². The van der Waals surface area contributed by atoms with Gasteiger partial charge in [-0.25, -0.2) is 9.78 Å². The molecule has 0 spiro atoms. The van der Waals surface area contributed by atoms with Gasteiger partial charge < -0.3 is 20.2 Å². The second kappa shape index (κ2) is 4.99. The standard InChI is InChI=1S/C13H19N5O2/c1-8-6-18-7-10(14)17-11(18)9(16-8)5-15-12(19)20-13(2,3)4/h6-7H,5,14H2,1-4H3,(H,15,19). The number of amides is 1. The summed E-state index contributed by atoms with van der Waals surface area (Å²) in [7, 11) is 0. The number of hydrogen-bond acceptors (Lipinski definition) is 5. The molecule has 7 nitrogen and oxygen atoms in total. The topological polar surface area (TPSA) is 94.5 Å². The number of rotatable bonds is 2. The number of hydrogen-bond donors (Lipinski definition) is 2. The summed E-state index contributed by atoms with van der Waals surface area (Å²) >= 11 is 0. The smallest absolute Gasteiger partial charge is 0.407 e. The molecule has 2 heterocycles. The van der Waals surface area contributed by atoms with E-state index in [0.717, 1.165) is 5.69 Å². The van der Waals surface area contributed by atoms with Crippen LogP contribution in [0.2, 0.25) is 0 Å². The van der Waals surface area contributed by atoms with Crippen molar-refractivity contribution in [1.29, 1.82) is 0 Å². The third-order valence-electron chi connectivity index (χ3n) is 2.45. The number of anilines is 1. The maximum atomic E-state index is 11.6. The highest BCUT2D eigenvalue weighted by Crippen LogP contribution is 2.12. The Labute approximate surface area is 117 Å². The van der Waals surface area contributed by atoms with Gasteiger partial charge in [0.15, 0.2) is 5.65 Å². The lowest BCUT2D eigenvalue weighted by Crippen LogP contribution is -2.32. The third kappa shape index (κ3) is 3.37. The van der Waals surface area contributed by atoms with Crippen LogP contribution in [0.5, 0.6) is 0 Å². The first kappa shape index (κ1) is 14.1. The molecule has 20 heavy (non-hydrogen) atoms. The zero-order chi connectivity index (χ0) is 14.9. The van der Waals surface area contributed by atoms with E-state index in [-0.39, 0.29) is 6.54 Å². The second-order valence-electron chi connectivity index (χ2n) is 5.58. The number of nitrogens with one attached hydrogen (secondary N) is 1. The van der Waals surface area contributed by atoms with E-state index in [1.807, 2.05) is 33.9 Å². The van der Waals surface area contributed by atoms with Crippen LogP contribution in [0.15, 0.2) is 12.4 Å². The predicted octanol–water partition coefficient (Wildman–Crippen LogP) is 1.64. The van der Waals surface area contributed by atoms with Crippen LogP contribution in [-0.2, 0) is 11.3 Å². The first-order valence-electron chi connectivity index (χ1n) is 6.32. The first-order chi connectivity index (χ1) is 9.24. The predicted molar refractivity (Wildman–Crippen MR) is 75.2 cm³/mol. The van der Waals surface area contributed by atoms with E-state index in [0.29, 0.717) is 17.2 Å². The van der Waals surface area contributed by atoms with Gasteiger partial charge in [-0.05, 0) is 27.7 Å². The Morgan fingerprint density at radius 1 is 1.40 bits per heavy atom. The van der Waals surface area contributed by atoms with E-state index in [1.165, 1.54) is 0 Å². The first-order valence-corrected chi connectivity index (χ1v) is 6.32. The summed E-state index contributed by atoms with van der Waals surface area (Å²) in [6, 6.07) is 0. The van der Waals surface area contributed by atoms with Gasteiger partial charge in [0.1, 0.15) is 17.1 Å². The Bertz CT molecular complexity index is 642. The lowest BCUT2D eigenvalue weighted by Gasteiger charge is -2.19. The lowest BCUT2D eigenvalue weighted by molar-refractivity contribution is 0.0523. The molecule has 0 aliphatic heterocycles. The van der Waals surface area contributed by atoms with Gasteiger partial charge >= 0.3 is 6.09 Å². The van der Waals surface area contributed by atoms with Crippen molar-refractivity contribution < 1.29 is 9.53 Å². The number of nitrogen functional groups attached to an aromatic ring is 1. The van der Waals surface area contributed by atoms with Crippen molar-refractivity contribution >= 4 is 17.6 Å². The molecule has 7 heteroatoms. The summed E-state index contributed by atoms with van der Waals surface area (Å²) in [6.07, 6.45) is 3.05. The fourth-order valence-corrected chi connectivity index (χ4v) is 1.81. The van der Waals surface area contributed by atoms with Crippen LogP contribution in [0.1, 0.15) is 32.2 Å². The molecule has 2 aromatic heterocycles. The number of nitrogens with two attached hydrogens (primary N) is 1. The van der Waals surface area contributed by atoms with Gasteiger partial charge in [-0.2, -0.15) is 0 Å². The highest BCUT2D eigenvalue weighted by molar-refractivity contribution is 5.68. The fourth-order valence-electron chi connectivity index (χ4n) is 1.81. The van der Waals surface area contributed by atoms with Crippen molar-refractivity contribution in [3.63, 3.8) is 0 Å². The number of carbonyl (C=O) groups is 1. The van der Waals surface area contributed by atoms with E-state index >= 15 is 0 Å². The monoisotopic (exact) mass is 277 g/mol. The van der Waals surface area contributed by atoms with Crippen LogP contribution in [0.25, 0.3) is 5.65 Å². The van der Waals surface area contributed by atoms with Gasteiger partial charge in [-0.15, -0.1) is 0 Å².